The highest BCUT2D eigenvalue weighted by atomic mass is 16.5. The Balaban J connectivity index is 2.12. The Kier molecular flexibility index (Phi) is 6.10. The number of rotatable bonds is 6. The van der Waals surface area contributed by atoms with Crippen LogP contribution in [0.5, 0.6) is 11.5 Å². The van der Waals surface area contributed by atoms with Crippen LogP contribution >= 0.6 is 0 Å². The highest BCUT2D eigenvalue weighted by Crippen LogP contribution is 2.29. The zero-order chi connectivity index (χ0) is 16.8. The molecule has 0 aliphatic carbocycles. The number of ether oxygens (including phenoxy) is 2. The molecule has 1 N–H and O–H groups in total. The van der Waals surface area contributed by atoms with Crippen molar-refractivity contribution in [3.63, 3.8) is 0 Å². The molecule has 23 heavy (non-hydrogen) atoms. The van der Waals surface area contributed by atoms with Gasteiger partial charge in [-0.3, -0.25) is 9.69 Å². The Morgan fingerprint density at radius 2 is 1.78 bits per heavy atom. The van der Waals surface area contributed by atoms with Crippen molar-refractivity contribution in [3.05, 3.63) is 18.2 Å². The van der Waals surface area contributed by atoms with E-state index in [-0.39, 0.29) is 0 Å². The quantitative estimate of drug-likeness (QED) is 0.865. The number of benzene rings is 1. The first-order valence-corrected chi connectivity index (χ1v) is 8.04. The molecular weight excluding hydrogens is 296 g/mol. The average Bonchev–Trinajstić information content (AvgIpc) is 2.81. The molecule has 1 heterocycles. The van der Waals surface area contributed by atoms with Gasteiger partial charge >= 0.3 is 5.97 Å². The molecule has 0 amide bonds. The number of anilines is 1. The van der Waals surface area contributed by atoms with Gasteiger partial charge in [0.05, 0.1) is 14.2 Å². The van der Waals surface area contributed by atoms with Gasteiger partial charge in [0, 0.05) is 50.1 Å². The Hall–Kier alpha value is -1.95. The minimum Gasteiger partial charge on any atom is -0.497 e. The average molecular weight is 322 g/mol. The van der Waals surface area contributed by atoms with E-state index in [1.165, 1.54) is 0 Å². The van der Waals surface area contributed by atoms with Crippen molar-refractivity contribution in [2.75, 3.05) is 45.3 Å². The minimum absolute atomic E-state index is 0.394. The molecule has 0 radical (unpaired) electrons. The van der Waals surface area contributed by atoms with Crippen LogP contribution in [0, 0.1) is 0 Å². The summed E-state index contributed by atoms with van der Waals surface area (Å²) in [7, 11) is 3.28. The Morgan fingerprint density at radius 1 is 1.13 bits per heavy atom. The maximum Gasteiger partial charge on any atom is 0.320 e. The molecule has 0 spiro atoms. The van der Waals surface area contributed by atoms with Crippen molar-refractivity contribution >= 4 is 11.7 Å². The molecule has 0 saturated carbocycles. The summed E-state index contributed by atoms with van der Waals surface area (Å²) >= 11 is 0. The summed E-state index contributed by atoms with van der Waals surface area (Å²) in [6.07, 6.45) is 1.56. The van der Waals surface area contributed by atoms with Crippen LogP contribution in [0.25, 0.3) is 0 Å². The number of carboxylic acids is 1. The van der Waals surface area contributed by atoms with E-state index in [2.05, 4.69) is 9.80 Å². The summed E-state index contributed by atoms with van der Waals surface area (Å²) in [5.74, 6) is 0.791. The zero-order valence-electron chi connectivity index (χ0n) is 14.1. The molecule has 1 aromatic carbocycles. The molecule has 6 nitrogen and oxygen atoms in total. The van der Waals surface area contributed by atoms with Crippen molar-refractivity contribution in [2.45, 2.75) is 25.8 Å². The van der Waals surface area contributed by atoms with Crippen molar-refractivity contribution < 1.29 is 19.4 Å². The fourth-order valence-corrected chi connectivity index (χ4v) is 3.07. The van der Waals surface area contributed by atoms with Gasteiger partial charge < -0.3 is 19.5 Å². The van der Waals surface area contributed by atoms with Crippen LogP contribution in [0.15, 0.2) is 18.2 Å². The fraction of sp³-hybridized carbons (Fsp3) is 0.588. The molecule has 1 aliphatic heterocycles. The van der Waals surface area contributed by atoms with E-state index in [0.29, 0.717) is 6.42 Å². The first-order chi connectivity index (χ1) is 11.1. The van der Waals surface area contributed by atoms with E-state index >= 15 is 0 Å². The van der Waals surface area contributed by atoms with Crippen molar-refractivity contribution in [1.29, 1.82) is 0 Å². The van der Waals surface area contributed by atoms with Crippen LogP contribution < -0.4 is 14.4 Å². The van der Waals surface area contributed by atoms with E-state index in [0.717, 1.165) is 49.8 Å². The predicted molar refractivity (Wildman–Crippen MR) is 89.7 cm³/mol. The highest BCUT2D eigenvalue weighted by molar-refractivity contribution is 5.73. The molecule has 128 valence electrons. The third-order valence-corrected chi connectivity index (χ3v) is 4.34. The Morgan fingerprint density at radius 3 is 2.30 bits per heavy atom. The monoisotopic (exact) mass is 322 g/mol. The molecule has 6 heteroatoms. The van der Waals surface area contributed by atoms with Crippen LogP contribution in [0.2, 0.25) is 0 Å². The van der Waals surface area contributed by atoms with Gasteiger partial charge in [-0.1, -0.05) is 6.92 Å². The minimum atomic E-state index is -0.732. The molecule has 1 atom stereocenters. The SMILES string of the molecule is CCC(C(=O)O)N1CCCN(c2cc(OC)cc(OC)c2)CC1. The summed E-state index contributed by atoms with van der Waals surface area (Å²) < 4.78 is 10.7. The number of hydrogen-bond acceptors (Lipinski definition) is 5. The number of methoxy groups -OCH3 is 2. The predicted octanol–water partition coefficient (Wildman–Crippen LogP) is 2.08. The maximum atomic E-state index is 11.4. The van der Waals surface area contributed by atoms with Crippen LogP contribution in [-0.4, -0.2) is 62.4 Å². The lowest BCUT2D eigenvalue weighted by Crippen LogP contribution is -2.42. The second kappa shape index (κ2) is 8.06. The third kappa shape index (κ3) is 4.28. The van der Waals surface area contributed by atoms with Gasteiger partial charge in [-0.15, -0.1) is 0 Å². The normalized spacial score (nSPS) is 17.4. The van der Waals surface area contributed by atoms with Crippen molar-refractivity contribution in [2.24, 2.45) is 0 Å². The van der Waals surface area contributed by atoms with Gasteiger partial charge in [0.15, 0.2) is 0 Å². The molecular formula is C17H26N2O4. The second-order valence-corrected chi connectivity index (χ2v) is 5.71. The topological polar surface area (TPSA) is 62.2 Å². The number of nitrogens with zero attached hydrogens (tertiary/aromatic N) is 2. The van der Waals surface area contributed by atoms with Gasteiger partial charge in [-0.25, -0.2) is 0 Å². The van der Waals surface area contributed by atoms with Crippen LogP contribution in [0.3, 0.4) is 0 Å². The Labute approximate surface area is 137 Å². The van der Waals surface area contributed by atoms with Crippen LogP contribution in [0.1, 0.15) is 19.8 Å². The highest BCUT2D eigenvalue weighted by Gasteiger charge is 2.26. The van der Waals surface area contributed by atoms with Gasteiger partial charge in [0.1, 0.15) is 17.5 Å². The Bertz CT molecular complexity index is 513. The van der Waals surface area contributed by atoms with Gasteiger partial charge in [-0.2, -0.15) is 0 Å². The first kappa shape index (κ1) is 17.4. The zero-order valence-corrected chi connectivity index (χ0v) is 14.1. The van der Waals surface area contributed by atoms with Gasteiger partial charge in [0.2, 0.25) is 0 Å². The van der Waals surface area contributed by atoms with Crippen molar-refractivity contribution in [3.8, 4) is 11.5 Å². The molecule has 1 saturated heterocycles. The second-order valence-electron chi connectivity index (χ2n) is 5.71. The van der Waals surface area contributed by atoms with E-state index in [4.69, 9.17) is 9.47 Å². The standard InChI is InChI=1S/C17H26N2O4/c1-4-16(17(20)21)19-7-5-6-18(8-9-19)13-10-14(22-2)12-15(11-13)23-3/h10-12,16H,4-9H2,1-3H3,(H,20,21). The molecule has 2 rings (SSSR count). The van der Waals surface area contributed by atoms with E-state index in [9.17, 15) is 9.90 Å². The first-order valence-electron chi connectivity index (χ1n) is 8.04. The van der Waals surface area contributed by atoms with Gasteiger partial charge in [-0.05, 0) is 12.8 Å². The maximum absolute atomic E-state index is 11.4. The summed E-state index contributed by atoms with van der Waals surface area (Å²) in [4.78, 5) is 15.7. The summed E-state index contributed by atoms with van der Waals surface area (Å²) in [6.45, 7) is 5.16. The lowest BCUT2D eigenvalue weighted by Gasteiger charge is -2.27. The number of hydrogen-bond donors (Lipinski definition) is 1. The molecule has 1 unspecified atom stereocenters. The van der Waals surface area contributed by atoms with Crippen LogP contribution in [-0.2, 0) is 4.79 Å². The summed E-state index contributed by atoms with van der Waals surface area (Å²) in [5, 5.41) is 9.35. The van der Waals surface area contributed by atoms with Crippen LogP contribution in [0.4, 0.5) is 5.69 Å². The van der Waals surface area contributed by atoms with Gasteiger partial charge in [0.25, 0.3) is 0 Å². The number of aliphatic carboxylic acids is 1. The van der Waals surface area contributed by atoms with E-state index < -0.39 is 12.0 Å². The molecule has 1 aliphatic rings. The fourth-order valence-electron chi connectivity index (χ4n) is 3.07. The lowest BCUT2D eigenvalue weighted by molar-refractivity contribution is -0.143. The number of carbonyl (C=O) groups is 1. The lowest BCUT2D eigenvalue weighted by atomic mass is 10.2. The molecule has 0 bridgehead atoms. The van der Waals surface area contributed by atoms with E-state index in [1.807, 2.05) is 25.1 Å². The smallest absolute Gasteiger partial charge is 0.320 e. The number of carboxylic acid groups (broad SMARTS) is 1. The third-order valence-electron chi connectivity index (χ3n) is 4.34. The molecule has 0 aromatic heterocycles. The summed E-state index contributed by atoms with van der Waals surface area (Å²) in [5.41, 5.74) is 1.05. The molecule has 1 aromatic rings. The summed E-state index contributed by atoms with van der Waals surface area (Å²) in [6, 6.07) is 5.44. The largest absolute Gasteiger partial charge is 0.497 e. The van der Waals surface area contributed by atoms with E-state index in [1.54, 1.807) is 14.2 Å². The van der Waals surface area contributed by atoms with Crippen molar-refractivity contribution in [1.82, 2.24) is 4.90 Å². The molecule has 1 fully saturated rings.